The van der Waals surface area contributed by atoms with E-state index in [1.54, 1.807) is 0 Å². The molecule has 0 aromatic carbocycles. The molecular weight excluding hydrogens is 188 g/mol. The van der Waals surface area contributed by atoms with Crippen molar-refractivity contribution in [2.75, 3.05) is 6.61 Å². The molecule has 2 fully saturated rings. The molecule has 1 saturated heterocycles. The third kappa shape index (κ3) is 3.46. The number of ether oxygens (including phenoxy) is 1. The molecule has 0 aromatic rings. The minimum atomic E-state index is -0.201. The lowest BCUT2D eigenvalue weighted by Gasteiger charge is -2.30. The average Bonchev–Trinajstić information content (AvgIpc) is 2.31. The molecule has 1 N–H and O–H groups in total. The summed E-state index contributed by atoms with van der Waals surface area (Å²) in [4.78, 5) is 0. The van der Waals surface area contributed by atoms with Crippen molar-refractivity contribution in [2.24, 2.45) is 5.92 Å². The highest BCUT2D eigenvalue weighted by atomic mass is 16.5. The van der Waals surface area contributed by atoms with Crippen molar-refractivity contribution >= 4 is 0 Å². The van der Waals surface area contributed by atoms with Gasteiger partial charge in [-0.15, -0.1) is 0 Å². The zero-order valence-corrected chi connectivity index (χ0v) is 9.66. The molecule has 88 valence electrons. The molecule has 0 spiro atoms. The number of aliphatic hydroxyl groups is 1. The van der Waals surface area contributed by atoms with Crippen LogP contribution in [0.25, 0.3) is 0 Å². The van der Waals surface area contributed by atoms with Crippen LogP contribution >= 0.6 is 0 Å². The van der Waals surface area contributed by atoms with E-state index < -0.39 is 0 Å². The van der Waals surface area contributed by atoms with Crippen molar-refractivity contribution in [1.29, 1.82) is 0 Å². The first-order chi connectivity index (χ1) is 7.36. The van der Waals surface area contributed by atoms with Crippen molar-refractivity contribution < 1.29 is 9.84 Å². The summed E-state index contributed by atoms with van der Waals surface area (Å²) in [5.74, 6) is 0.763. The minimum absolute atomic E-state index is 0.140. The molecule has 1 saturated carbocycles. The highest BCUT2D eigenvalue weighted by Crippen LogP contribution is 2.29. The van der Waals surface area contributed by atoms with Gasteiger partial charge >= 0.3 is 0 Å². The Kier molecular flexibility index (Phi) is 4.45. The van der Waals surface area contributed by atoms with Crippen LogP contribution < -0.4 is 0 Å². The van der Waals surface area contributed by atoms with Gasteiger partial charge in [-0.2, -0.15) is 0 Å². The summed E-state index contributed by atoms with van der Waals surface area (Å²) >= 11 is 0. The monoisotopic (exact) mass is 212 g/mol. The van der Waals surface area contributed by atoms with Crippen LogP contribution in [0.4, 0.5) is 0 Å². The van der Waals surface area contributed by atoms with Crippen LogP contribution in [0.15, 0.2) is 0 Å². The number of hydrogen-bond donors (Lipinski definition) is 1. The van der Waals surface area contributed by atoms with Gasteiger partial charge in [-0.25, -0.2) is 0 Å². The molecule has 0 radical (unpaired) electrons. The number of rotatable bonds is 3. The fourth-order valence-electron chi connectivity index (χ4n) is 2.99. The van der Waals surface area contributed by atoms with Gasteiger partial charge in [0.1, 0.15) is 0 Å². The molecule has 2 heteroatoms. The maximum absolute atomic E-state index is 10.1. The van der Waals surface area contributed by atoms with E-state index in [4.69, 9.17) is 4.74 Å². The maximum Gasteiger partial charge on any atom is 0.0834 e. The van der Waals surface area contributed by atoms with E-state index in [9.17, 15) is 5.11 Å². The molecule has 1 heterocycles. The highest BCUT2D eigenvalue weighted by molar-refractivity contribution is 4.77. The number of hydrogen-bond acceptors (Lipinski definition) is 2. The zero-order valence-electron chi connectivity index (χ0n) is 9.66. The maximum atomic E-state index is 10.1. The third-order valence-corrected chi connectivity index (χ3v) is 3.94. The first-order valence-electron chi connectivity index (χ1n) is 6.66. The lowest BCUT2D eigenvalue weighted by molar-refractivity contribution is -0.0705. The van der Waals surface area contributed by atoms with Gasteiger partial charge in [0.25, 0.3) is 0 Å². The molecule has 1 aliphatic heterocycles. The van der Waals surface area contributed by atoms with Crippen LogP contribution in [0.3, 0.4) is 0 Å². The van der Waals surface area contributed by atoms with Gasteiger partial charge in [0, 0.05) is 6.61 Å². The lowest BCUT2D eigenvalue weighted by atomic mass is 9.84. The first-order valence-corrected chi connectivity index (χ1v) is 6.66. The summed E-state index contributed by atoms with van der Waals surface area (Å²) in [5, 5.41) is 10.1. The molecule has 2 unspecified atom stereocenters. The van der Waals surface area contributed by atoms with Crippen LogP contribution in [0.5, 0.6) is 0 Å². The topological polar surface area (TPSA) is 29.5 Å². The Balaban J connectivity index is 1.72. The summed E-state index contributed by atoms with van der Waals surface area (Å²) < 4.78 is 5.63. The molecule has 2 nitrogen and oxygen atoms in total. The van der Waals surface area contributed by atoms with E-state index >= 15 is 0 Å². The molecule has 0 aromatic heterocycles. The fraction of sp³-hybridized carbons (Fsp3) is 1.00. The Morgan fingerprint density at radius 2 is 1.73 bits per heavy atom. The summed E-state index contributed by atoms with van der Waals surface area (Å²) in [6.45, 7) is 0.854. The summed E-state index contributed by atoms with van der Waals surface area (Å²) in [5.41, 5.74) is 0. The van der Waals surface area contributed by atoms with Crippen molar-refractivity contribution in [1.82, 2.24) is 0 Å². The van der Waals surface area contributed by atoms with Crippen LogP contribution in [0.2, 0.25) is 0 Å². The van der Waals surface area contributed by atoms with E-state index in [0.717, 1.165) is 25.4 Å². The van der Waals surface area contributed by atoms with Gasteiger partial charge in [0.2, 0.25) is 0 Å². The van der Waals surface area contributed by atoms with Crippen LogP contribution in [0.1, 0.15) is 57.8 Å². The Hall–Kier alpha value is -0.0800. The van der Waals surface area contributed by atoms with Crippen molar-refractivity contribution in [2.45, 2.75) is 70.0 Å². The van der Waals surface area contributed by atoms with E-state index in [-0.39, 0.29) is 12.2 Å². The molecule has 1 aliphatic carbocycles. The van der Waals surface area contributed by atoms with E-state index in [1.165, 1.54) is 44.9 Å². The van der Waals surface area contributed by atoms with Crippen LogP contribution in [0, 0.1) is 5.92 Å². The normalized spacial score (nSPS) is 31.4. The molecular formula is C13H24O2. The molecule has 0 amide bonds. The SMILES string of the molecule is OC(CC1CCCCC1)C1CCCCO1. The average molecular weight is 212 g/mol. The highest BCUT2D eigenvalue weighted by Gasteiger charge is 2.25. The Bertz CT molecular complexity index is 169. The fourth-order valence-corrected chi connectivity index (χ4v) is 2.99. The zero-order chi connectivity index (χ0) is 10.5. The minimum Gasteiger partial charge on any atom is -0.390 e. The van der Waals surface area contributed by atoms with E-state index in [0.29, 0.717) is 0 Å². The molecule has 2 rings (SSSR count). The molecule has 2 atom stereocenters. The second-order valence-corrected chi connectivity index (χ2v) is 5.21. The van der Waals surface area contributed by atoms with Gasteiger partial charge in [0.15, 0.2) is 0 Å². The molecule has 0 bridgehead atoms. The number of aliphatic hydroxyl groups excluding tert-OH is 1. The van der Waals surface area contributed by atoms with Gasteiger partial charge in [0.05, 0.1) is 12.2 Å². The predicted octanol–water partition coefficient (Wildman–Crippen LogP) is 2.89. The van der Waals surface area contributed by atoms with Gasteiger partial charge in [-0.05, 0) is 31.6 Å². The largest absolute Gasteiger partial charge is 0.390 e. The second-order valence-electron chi connectivity index (χ2n) is 5.21. The summed E-state index contributed by atoms with van der Waals surface area (Å²) in [6.07, 6.45) is 11.2. The Morgan fingerprint density at radius 1 is 1.00 bits per heavy atom. The van der Waals surface area contributed by atoms with Crippen LogP contribution in [-0.2, 0) is 4.74 Å². The van der Waals surface area contributed by atoms with Crippen molar-refractivity contribution in [3.63, 3.8) is 0 Å². The Labute approximate surface area is 93.0 Å². The van der Waals surface area contributed by atoms with Gasteiger partial charge in [-0.1, -0.05) is 32.1 Å². The smallest absolute Gasteiger partial charge is 0.0834 e. The summed E-state index contributed by atoms with van der Waals surface area (Å²) in [7, 11) is 0. The Morgan fingerprint density at radius 3 is 2.40 bits per heavy atom. The quantitative estimate of drug-likeness (QED) is 0.779. The molecule has 2 aliphatic rings. The van der Waals surface area contributed by atoms with E-state index in [2.05, 4.69) is 0 Å². The van der Waals surface area contributed by atoms with Crippen molar-refractivity contribution in [3.8, 4) is 0 Å². The van der Waals surface area contributed by atoms with E-state index in [1.807, 2.05) is 0 Å². The van der Waals surface area contributed by atoms with Gasteiger partial charge in [-0.3, -0.25) is 0 Å². The third-order valence-electron chi connectivity index (χ3n) is 3.94. The van der Waals surface area contributed by atoms with Crippen LogP contribution in [-0.4, -0.2) is 23.9 Å². The molecule has 15 heavy (non-hydrogen) atoms. The predicted molar refractivity (Wildman–Crippen MR) is 60.8 cm³/mol. The first kappa shape index (κ1) is 11.4. The van der Waals surface area contributed by atoms with Crippen molar-refractivity contribution in [3.05, 3.63) is 0 Å². The standard InChI is InChI=1S/C13H24O2/c14-12(13-8-4-5-9-15-13)10-11-6-2-1-3-7-11/h11-14H,1-10H2. The summed E-state index contributed by atoms with van der Waals surface area (Å²) in [6, 6.07) is 0. The van der Waals surface area contributed by atoms with Gasteiger partial charge < -0.3 is 9.84 Å². The lowest BCUT2D eigenvalue weighted by Crippen LogP contribution is -2.34. The second kappa shape index (κ2) is 5.86.